The minimum Gasteiger partial charge on any atom is -0.282 e. The Balaban J connectivity index is 2.78. The summed E-state index contributed by atoms with van der Waals surface area (Å²) in [6, 6.07) is 9.10. The normalized spacial score (nSPS) is 11.7. The van der Waals surface area contributed by atoms with Crippen molar-refractivity contribution >= 4 is 10.1 Å². The first-order valence-corrected chi connectivity index (χ1v) is 7.80. The molecule has 0 unspecified atom stereocenters. The Morgan fingerprint density at radius 2 is 1.35 bits per heavy atom. The fourth-order valence-corrected chi connectivity index (χ4v) is 2.92. The maximum Gasteiger partial charge on any atom is 0.295 e. The molecule has 0 bridgehead atoms. The van der Waals surface area contributed by atoms with E-state index in [0.717, 1.165) is 27.8 Å². The maximum absolute atomic E-state index is 11.6. The van der Waals surface area contributed by atoms with Gasteiger partial charge in [-0.1, -0.05) is 18.2 Å². The summed E-state index contributed by atoms with van der Waals surface area (Å²) in [6.45, 7) is 7.73. The van der Waals surface area contributed by atoms with Gasteiger partial charge in [0.15, 0.2) is 0 Å². The molecule has 0 atom stereocenters. The highest BCUT2D eigenvalue weighted by atomic mass is 32.2. The third-order valence-electron chi connectivity index (χ3n) is 3.69. The molecule has 2 aromatic rings. The van der Waals surface area contributed by atoms with Gasteiger partial charge in [-0.25, -0.2) is 0 Å². The van der Waals surface area contributed by atoms with Gasteiger partial charge in [-0.2, -0.15) is 8.42 Å². The van der Waals surface area contributed by atoms with Crippen molar-refractivity contribution in [2.24, 2.45) is 0 Å². The van der Waals surface area contributed by atoms with Gasteiger partial charge in [0.05, 0.1) is 0 Å². The van der Waals surface area contributed by atoms with Gasteiger partial charge < -0.3 is 0 Å². The molecule has 0 saturated carbocycles. The fraction of sp³-hybridized carbons (Fsp3) is 0.250. The molecule has 0 heterocycles. The average Bonchev–Trinajstić information content (AvgIpc) is 2.34. The van der Waals surface area contributed by atoms with Gasteiger partial charge in [0.25, 0.3) is 10.1 Å². The zero-order chi connectivity index (χ0) is 15.1. The molecule has 0 aromatic heterocycles. The van der Waals surface area contributed by atoms with E-state index in [1.165, 1.54) is 6.07 Å². The maximum atomic E-state index is 11.6. The van der Waals surface area contributed by atoms with Crippen molar-refractivity contribution in [3.63, 3.8) is 0 Å². The Labute approximate surface area is 120 Å². The van der Waals surface area contributed by atoms with Crippen LogP contribution in [0.5, 0.6) is 0 Å². The second-order valence-electron chi connectivity index (χ2n) is 5.21. The summed E-state index contributed by atoms with van der Waals surface area (Å²) >= 11 is 0. The molecule has 2 rings (SSSR count). The summed E-state index contributed by atoms with van der Waals surface area (Å²) in [4.78, 5) is -0.0381. The molecule has 0 saturated heterocycles. The summed E-state index contributed by atoms with van der Waals surface area (Å²) in [7, 11) is -4.24. The number of hydrogen-bond acceptors (Lipinski definition) is 2. The quantitative estimate of drug-likeness (QED) is 0.855. The minimum atomic E-state index is -4.24. The Morgan fingerprint density at radius 3 is 1.90 bits per heavy atom. The van der Waals surface area contributed by atoms with Gasteiger partial charge in [-0.3, -0.25) is 4.55 Å². The van der Waals surface area contributed by atoms with Gasteiger partial charge in [-0.05, 0) is 67.6 Å². The number of aryl methyl sites for hydroxylation is 4. The molecule has 20 heavy (non-hydrogen) atoms. The zero-order valence-corrected chi connectivity index (χ0v) is 12.9. The van der Waals surface area contributed by atoms with Gasteiger partial charge in [-0.15, -0.1) is 0 Å². The summed E-state index contributed by atoms with van der Waals surface area (Å²) in [6.07, 6.45) is 0. The van der Waals surface area contributed by atoms with Crippen molar-refractivity contribution in [3.8, 4) is 11.1 Å². The van der Waals surface area contributed by atoms with E-state index in [4.69, 9.17) is 0 Å². The lowest BCUT2D eigenvalue weighted by Gasteiger charge is -2.12. The molecule has 4 heteroatoms. The van der Waals surface area contributed by atoms with Gasteiger partial charge >= 0.3 is 0 Å². The van der Waals surface area contributed by atoms with Crippen LogP contribution in [0.1, 0.15) is 22.3 Å². The van der Waals surface area contributed by atoms with Gasteiger partial charge in [0, 0.05) is 5.56 Å². The van der Waals surface area contributed by atoms with E-state index in [0.29, 0.717) is 5.56 Å². The summed E-state index contributed by atoms with van der Waals surface area (Å²) in [5, 5.41) is 0. The predicted molar refractivity (Wildman–Crippen MR) is 80.6 cm³/mol. The van der Waals surface area contributed by atoms with Crippen LogP contribution in [-0.4, -0.2) is 13.0 Å². The zero-order valence-electron chi connectivity index (χ0n) is 12.1. The van der Waals surface area contributed by atoms with Gasteiger partial charge in [0.1, 0.15) is 4.90 Å². The Kier molecular flexibility index (Phi) is 3.71. The molecule has 3 nitrogen and oxygen atoms in total. The molecule has 0 spiro atoms. The van der Waals surface area contributed by atoms with Gasteiger partial charge in [0.2, 0.25) is 0 Å². The SMILES string of the molecule is Cc1ccc(-c2cc(C)c(C)cc2S(=O)(=O)O)cc1C. The summed E-state index contributed by atoms with van der Waals surface area (Å²) in [5.74, 6) is 0. The van der Waals surface area contributed by atoms with Crippen molar-refractivity contribution in [1.82, 2.24) is 0 Å². The minimum absolute atomic E-state index is 0.0381. The molecule has 2 aromatic carbocycles. The number of benzene rings is 2. The Bertz CT molecular complexity index is 775. The van der Waals surface area contributed by atoms with Crippen LogP contribution in [0.25, 0.3) is 11.1 Å². The number of rotatable bonds is 2. The molecule has 0 aliphatic carbocycles. The van der Waals surface area contributed by atoms with Crippen molar-refractivity contribution in [2.75, 3.05) is 0 Å². The lowest BCUT2D eigenvalue weighted by atomic mass is 9.97. The molecule has 0 fully saturated rings. The molecule has 106 valence electrons. The molecule has 0 amide bonds. The van der Waals surface area contributed by atoms with Crippen molar-refractivity contribution in [3.05, 3.63) is 52.6 Å². The topological polar surface area (TPSA) is 54.4 Å². The van der Waals surface area contributed by atoms with Crippen LogP contribution in [0.2, 0.25) is 0 Å². The Hall–Kier alpha value is -1.65. The first-order chi connectivity index (χ1) is 9.20. The highest BCUT2D eigenvalue weighted by Gasteiger charge is 2.18. The summed E-state index contributed by atoms with van der Waals surface area (Å²) < 4.78 is 32.6. The second kappa shape index (κ2) is 5.04. The van der Waals surface area contributed by atoms with Crippen molar-refractivity contribution < 1.29 is 13.0 Å². The van der Waals surface area contributed by atoms with E-state index < -0.39 is 10.1 Å². The molecule has 0 aliphatic heterocycles. The van der Waals surface area contributed by atoms with Crippen LogP contribution < -0.4 is 0 Å². The van der Waals surface area contributed by atoms with E-state index >= 15 is 0 Å². The van der Waals surface area contributed by atoms with Crippen LogP contribution in [0, 0.1) is 27.7 Å². The standard InChI is InChI=1S/C16H18O3S/c1-10-5-6-14(7-11(10)2)15-8-12(3)13(4)9-16(15)20(17,18)19/h5-9H,1-4H3,(H,17,18,19). The molecular weight excluding hydrogens is 272 g/mol. The Morgan fingerprint density at radius 1 is 0.800 bits per heavy atom. The largest absolute Gasteiger partial charge is 0.295 e. The third kappa shape index (κ3) is 2.76. The molecule has 0 radical (unpaired) electrons. The van der Waals surface area contributed by atoms with E-state index in [2.05, 4.69) is 0 Å². The molecule has 1 N–H and O–H groups in total. The van der Waals surface area contributed by atoms with E-state index in [-0.39, 0.29) is 4.90 Å². The number of hydrogen-bond donors (Lipinski definition) is 1. The van der Waals surface area contributed by atoms with Crippen LogP contribution in [0.3, 0.4) is 0 Å². The van der Waals surface area contributed by atoms with E-state index in [9.17, 15) is 13.0 Å². The van der Waals surface area contributed by atoms with Crippen molar-refractivity contribution in [1.29, 1.82) is 0 Å². The lowest BCUT2D eigenvalue weighted by Crippen LogP contribution is -2.02. The monoisotopic (exact) mass is 290 g/mol. The molecular formula is C16H18O3S. The summed E-state index contributed by atoms with van der Waals surface area (Å²) in [5.41, 5.74) is 5.39. The van der Waals surface area contributed by atoms with Crippen LogP contribution in [0.4, 0.5) is 0 Å². The fourth-order valence-electron chi connectivity index (χ4n) is 2.14. The van der Waals surface area contributed by atoms with Crippen LogP contribution in [-0.2, 0) is 10.1 Å². The first-order valence-electron chi connectivity index (χ1n) is 6.36. The lowest BCUT2D eigenvalue weighted by molar-refractivity contribution is 0.483. The van der Waals surface area contributed by atoms with E-state index in [1.54, 1.807) is 0 Å². The molecule has 0 aliphatic rings. The van der Waals surface area contributed by atoms with Crippen LogP contribution in [0.15, 0.2) is 35.2 Å². The smallest absolute Gasteiger partial charge is 0.282 e. The third-order valence-corrected chi connectivity index (χ3v) is 4.59. The predicted octanol–water partition coefficient (Wildman–Crippen LogP) is 3.83. The first kappa shape index (κ1) is 14.8. The van der Waals surface area contributed by atoms with E-state index in [1.807, 2.05) is 52.0 Å². The second-order valence-corrected chi connectivity index (χ2v) is 6.60. The van der Waals surface area contributed by atoms with Crippen LogP contribution >= 0.6 is 0 Å². The van der Waals surface area contributed by atoms with Crippen molar-refractivity contribution in [2.45, 2.75) is 32.6 Å². The highest BCUT2D eigenvalue weighted by Crippen LogP contribution is 2.31. The highest BCUT2D eigenvalue weighted by molar-refractivity contribution is 7.86. The average molecular weight is 290 g/mol.